The van der Waals surface area contributed by atoms with Crippen LogP contribution >= 0.6 is 0 Å². The maximum atomic E-state index is 14.1. The van der Waals surface area contributed by atoms with Gasteiger partial charge in [-0.1, -0.05) is 65.7 Å². The zero-order valence-corrected chi connectivity index (χ0v) is 26.1. The summed E-state index contributed by atoms with van der Waals surface area (Å²) in [6.07, 6.45) is 1.72. The number of ether oxygens (including phenoxy) is 2. The monoisotopic (exact) mass is 587 g/mol. The summed E-state index contributed by atoms with van der Waals surface area (Å²) < 4.78 is 41.8. The molecule has 5 rings (SSSR count). The van der Waals surface area contributed by atoms with Gasteiger partial charge in [-0.15, -0.1) is 0 Å². The van der Waals surface area contributed by atoms with Crippen LogP contribution in [-0.2, 0) is 23.1 Å². The van der Waals surface area contributed by atoms with Crippen LogP contribution in [0.1, 0.15) is 48.9 Å². The van der Waals surface area contributed by atoms with E-state index in [0.717, 1.165) is 59.8 Å². The average Bonchev–Trinajstić information content (AvgIpc) is 3.45. The van der Waals surface area contributed by atoms with E-state index in [0.29, 0.717) is 22.9 Å². The normalized spacial score (nSPS) is 13.3. The van der Waals surface area contributed by atoms with Gasteiger partial charge in [0.15, 0.2) is 11.5 Å². The number of rotatable bonds is 13. The number of nitrogens with zero attached hydrogens (tertiary/aromatic N) is 2. The van der Waals surface area contributed by atoms with Gasteiger partial charge >= 0.3 is 0 Å². The highest BCUT2D eigenvalue weighted by Crippen LogP contribution is 2.33. The van der Waals surface area contributed by atoms with E-state index in [9.17, 15) is 8.42 Å². The van der Waals surface area contributed by atoms with Crippen LogP contribution in [0, 0.1) is 13.8 Å². The molecule has 0 aliphatic carbocycles. The third-order valence-electron chi connectivity index (χ3n) is 8.59. The van der Waals surface area contributed by atoms with E-state index in [1.54, 1.807) is 16.4 Å². The van der Waals surface area contributed by atoms with Gasteiger partial charge in [0.25, 0.3) is 0 Å². The summed E-state index contributed by atoms with van der Waals surface area (Å²) in [7, 11) is -3.73. The molecule has 0 saturated carbocycles. The summed E-state index contributed by atoms with van der Waals surface area (Å²) in [5.74, 6) is 1.36. The number of fused-ring (bicyclic) bond motifs is 2. The van der Waals surface area contributed by atoms with Crippen LogP contribution in [0.4, 0.5) is 0 Å². The molecule has 0 spiro atoms. The molecule has 0 N–H and O–H groups in total. The van der Waals surface area contributed by atoms with E-state index in [4.69, 9.17) is 9.47 Å². The molecule has 42 heavy (non-hydrogen) atoms. The first-order valence-corrected chi connectivity index (χ1v) is 16.4. The molecule has 0 atom stereocenters. The lowest BCUT2D eigenvalue weighted by atomic mass is 10.1. The Morgan fingerprint density at radius 1 is 0.762 bits per heavy atom. The number of hydrogen-bond acceptors (Lipinski definition) is 4. The highest BCUT2D eigenvalue weighted by Gasteiger charge is 2.28. The van der Waals surface area contributed by atoms with Crippen LogP contribution in [0.25, 0.3) is 10.8 Å². The molecule has 0 bridgehead atoms. The van der Waals surface area contributed by atoms with Gasteiger partial charge in [-0.05, 0) is 81.1 Å². The van der Waals surface area contributed by atoms with E-state index < -0.39 is 10.0 Å². The number of sulfonamides is 1. The smallest absolute Gasteiger partial charge is 0.243 e. The van der Waals surface area contributed by atoms with E-state index in [2.05, 4.69) is 45.9 Å². The molecule has 1 aliphatic heterocycles. The average molecular weight is 588 g/mol. The Hall–Kier alpha value is -3.39. The SMILES string of the molecule is CC[N+](CC)(CCCCN(Cc1ccc2c(c1)OCO2)S(=O)(=O)c1ccc2ccccc2c1)Cc1cc(C)cc(C)c1. The molecule has 0 fully saturated rings. The van der Waals surface area contributed by atoms with E-state index in [-0.39, 0.29) is 13.3 Å². The zero-order chi connectivity index (χ0) is 29.7. The zero-order valence-electron chi connectivity index (χ0n) is 25.3. The van der Waals surface area contributed by atoms with Crippen molar-refractivity contribution < 1.29 is 22.4 Å². The fraction of sp³-hybridized carbons (Fsp3) is 0.371. The molecular weight excluding hydrogens is 544 g/mol. The van der Waals surface area contributed by atoms with E-state index in [1.807, 2.05) is 48.5 Å². The summed E-state index contributed by atoms with van der Waals surface area (Å²) in [6.45, 7) is 13.8. The van der Waals surface area contributed by atoms with Crippen molar-refractivity contribution in [3.8, 4) is 11.5 Å². The standard InChI is InChI=1S/C35H43N2O4S/c1-5-37(6-2,25-30-20-27(3)19-28(4)21-30)18-10-9-17-36(24-29-13-16-34-35(22-29)41-26-40-34)42(38,39)33-15-14-31-11-7-8-12-32(31)23-33/h7-8,11-16,19-23H,5-6,9-10,17-18,24-26H2,1-4H3/q+1. The predicted octanol–water partition coefficient (Wildman–Crippen LogP) is 7.21. The summed E-state index contributed by atoms with van der Waals surface area (Å²) in [6, 6.07) is 25.8. The number of quaternary nitrogens is 1. The molecule has 0 amide bonds. The van der Waals surface area contributed by atoms with Crippen molar-refractivity contribution in [1.29, 1.82) is 0 Å². The Morgan fingerprint density at radius 2 is 1.48 bits per heavy atom. The molecule has 222 valence electrons. The van der Waals surface area contributed by atoms with Crippen LogP contribution in [0.3, 0.4) is 0 Å². The third-order valence-corrected chi connectivity index (χ3v) is 10.4. The van der Waals surface area contributed by atoms with Gasteiger partial charge in [0.2, 0.25) is 16.8 Å². The van der Waals surface area contributed by atoms with Gasteiger partial charge in [0.1, 0.15) is 6.54 Å². The van der Waals surface area contributed by atoms with Crippen molar-refractivity contribution in [1.82, 2.24) is 4.31 Å². The first-order chi connectivity index (χ1) is 20.2. The molecule has 0 radical (unpaired) electrons. The molecule has 0 aromatic heterocycles. The Balaban J connectivity index is 1.34. The Kier molecular flexibility index (Phi) is 9.21. The van der Waals surface area contributed by atoms with Gasteiger partial charge in [-0.3, -0.25) is 0 Å². The molecular formula is C35H43N2O4S+. The molecule has 0 saturated heterocycles. The molecule has 1 heterocycles. The first kappa shape index (κ1) is 30.1. The van der Waals surface area contributed by atoms with Crippen molar-refractivity contribution in [2.75, 3.05) is 33.0 Å². The number of hydrogen-bond donors (Lipinski definition) is 0. The second-order valence-corrected chi connectivity index (χ2v) is 13.5. The van der Waals surface area contributed by atoms with E-state index in [1.165, 1.54) is 16.7 Å². The minimum Gasteiger partial charge on any atom is -0.454 e. The lowest BCUT2D eigenvalue weighted by Gasteiger charge is -2.37. The predicted molar refractivity (Wildman–Crippen MR) is 169 cm³/mol. The van der Waals surface area contributed by atoms with Gasteiger partial charge in [-0.2, -0.15) is 4.31 Å². The fourth-order valence-corrected chi connectivity index (χ4v) is 7.63. The Labute approximate surface area is 251 Å². The Morgan fingerprint density at radius 3 is 2.21 bits per heavy atom. The van der Waals surface area contributed by atoms with Gasteiger partial charge in [0, 0.05) is 18.7 Å². The fourth-order valence-electron chi connectivity index (χ4n) is 6.13. The van der Waals surface area contributed by atoms with Crippen LogP contribution in [-0.4, -0.2) is 50.2 Å². The largest absolute Gasteiger partial charge is 0.454 e. The van der Waals surface area contributed by atoms with Crippen LogP contribution < -0.4 is 9.47 Å². The molecule has 7 heteroatoms. The van der Waals surface area contributed by atoms with Crippen LogP contribution in [0.2, 0.25) is 0 Å². The maximum absolute atomic E-state index is 14.1. The van der Waals surface area contributed by atoms with Crippen molar-refractivity contribution in [3.63, 3.8) is 0 Å². The lowest BCUT2D eigenvalue weighted by Crippen LogP contribution is -2.47. The minimum atomic E-state index is -3.73. The second kappa shape index (κ2) is 12.9. The van der Waals surface area contributed by atoms with Crippen molar-refractivity contribution >= 4 is 20.8 Å². The second-order valence-electron chi connectivity index (χ2n) is 11.6. The number of aryl methyl sites for hydroxylation is 2. The molecule has 6 nitrogen and oxygen atoms in total. The first-order valence-electron chi connectivity index (χ1n) is 15.0. The summed E-state index contributed by atoms with van der Waals surface area (Å²) in [5.41, 5.74) is 4.85. The summed E-state index contributed by atoms with van der Waals surface area (Å²) in [5, 5.41) is 1.94. The molecule has 1 aliphatic rings. The number of unbranched alkanes of at least 4 members (excludes halogenated alkanes) is 1. The van der Waals surface area contributed by atoms with Crippen molar-refractivity contribution in [2.24, 2.45) is 0 Å². The summed E-state index contributed by atoms with van der Waals surface area (Å²) in [4.78, 5) is 0.323. The lowest BCUT2D eigenvalue weighted by molar-refractivity contribution is -0.938. The highest BCUT2D eigenvalue weighted by molar-refractivity contribution is 7.89. The Bertz CT molecular complexity index is 1630. The third kappa shape index (κ3) is 6.80. The van der Waals surface area contributed by atoms with Crippen molar-refractivity contribution in [3.05, 3.63) is 101 Å². The molecule has 0 unspecified atom stereocenters. The van der Waals surface area contributed by atoms with Crippen molar-refractivity contribution in [2.45, 2.75) is 58.5 Å². The minimum absolute atomic E-state index is 0.189. The maximum Gasteiger partial charge on any atom is 0.243 e. The van der Waals surface area contributed by atoms with Crippen LogP contribution in [0.5, 0.6) is 11.5 Å². The van der Waals surface area contributed by atoms with Gasteiger partial charge < -0.3 is 14.0 Å². The topological polar surface area (TPSA) is 55.8 Å². The highest BCUT2D eigenvalue weighted by atomic mass is 32.2. The van der Waals surface area contributed by atoms with Crippen LogP contribution in [0.15, 0.2) is 83.8 Å². The van der Waals surface area contributed by atoms with Gasteiger partial charge in [0.05, 0.1) is 24.5 Å². The molecule has 4 aromatic carbocycles. The quantitative estimate of drug-likeness (QED) is 0.123. The van der Waals surface area contributed by atoms with Gasteiger partial charge in [-0.25, -0.2) is 8.42 Å². The number of benzene rings is 4. The summed E-state index contributed by atoms with van der Waals surface area (Å²) >= 11 is 0. The van der Waals surface area contributed by atoms with E-state index >= 15 is 0 Å². The molecule has 4 aromatic rings.